The maximum Gasteiger partial charge on any atom is 0.271 e. The van der Waals surface area contributed by atoms with Crippen LogP contribution in [0.5, 0.6) is 0 Å². The summed E-state index contributed by atoms with van der Waals surface area (Å²) in [5, 5.41) is 3.93. The first-order valence-corrected chi connectivity index (χ1v) is 10.9. The molecule has 0 aromatic heterocycles. The molecule has 1 aliphatic heterocycles. The Morgan fingerprint density at radius 3 is 2.26 bits per heavy atom. The number of halogens is 1. The highest BCUT2D eigenvalue weighted by Crippen LogP contribution is 2.20. The van der Waals surface area contributed by atoms with E-state index in [4.69, 9.17) is 0 Å². The molecule has 0 saturated carbocycles. The minimum atomic E-state index is -3.49. The van der Waals surface area contributed by atoms with Crippen LogP contribution in [-0.4, -0.2) is 37.9 Å². The average Bonchev–Trinajstić information content (AvgIpc) is 2.70. The van der Waals surface area contributed by atoms with Gasteiger partial charge in [0.2, 0.25) is 10.0 Å². The molecule has 0 aliphatic carbocycles. The van der Waals surface area contributed by atoms with E-state index in [9.17, 15) is 13.2 Å². The standard InChI is InChI=1S/C19H20BrN3O3S/c20-17-8-4-15(5-9-17)14-21-22-19(24)16-6-10-18(11-7-16)27(25,26)23-12-2-1-3-13-23/h4-11,14H,1-3,12-13H2,(H,22,24). The Labute approximate surface area is 167 Å². The molecule has 1 aliphatic rings. The van der Waals surface area contributed by atoms with E-state index >= 15 is 0 Å². The van der Waals surface area contributed by atoms with E-state index in [1.54, 1.807) is 6.21 Å². The number of rotatable bonds is 5. The van der Waals surface area contributed by atoms with Crippen LogP contribution in [0, 0.1) is 0 Å². The van der Waals surface area contributed by atoms with Crippen LogP contribution in [0.4, 0.5) is 0 Å². The fourth-order valence-corrected chi connectivity index (χ4v) is 4.59. The van der Waals surface area contributed by atoms with Crippen molar-refractivity contribution in [1.82, 2.24) is 9.73 Å². The lowest BCUT2D eigenvalue weighted by Gasteiger charge is -2.25. The molecule has 142 valence electrons. The molecule has 1 amide bonds. The van der Waals surface area contributed by atoms with Gasteiger partial charge in [0.1, 0.15) is 0 Å². The van der Waals surface area contributed by atoms with Crippen molar-refractivity contribution in [3.05, 3.63) is 64.1 Å². The third kappa shape index (κ3) is 5.03. The molecule has 6 nitrogen and oxygen atoms in total. The molecule has 0 unspecified atom stereocenters. The highest BCUT2D eigenvalue weighted by Gasteiger charge is 2.25. The summed E-state index contributed by atoms with van der Waals surface area (Å²) in [5.41, 5.74) is 3.64. The van der Waals surface area contributed by atoms with Crippen molar-refractivity contribution in [3.8, 4) is 0 Å². The first-order chi connectivity index (χ1) is 13.0. The summed E-state index contributed by atoms with van der Waals surface area (Å²) < 4.78 is 27.7. The summed E-state index contributed by atoms with van der Waals surface area (Å²) in [6.07, 6.45) is 4.37. The maximum absolute atomic E-state index is 12.6. The lowest BCUT2D eigenvalue weighted by atomic mass is 10.2. The van der Waals surface area contributed by atoms with Crippen LogP contribution < -0.4 is 5.43 Å². The summed E-state index contributed by atoms with van der Waals surface area (Å²) in [5.74, 6) is -0.398. The van der Waals surface area contributed by atoms with Gasteiger partial charge in [-0.1, -0.05) is 34.5 Å². The van der Waals surface area contributed by atoms with Crippen LogP contribution in [0.25, 0.3) is 0 Å². The lowest BCUT2D eigenvalue weighted by Crippen LogP contribution is -2.35. The van der Waals surface area contributed by atoms with Gasteiger partial charge in [-0.15, -0.1) is 0 Å². The average molecular weight is 450 g/mol. The minimum Gasteiger partial charge on any atom is -0.267 e. The summed E-state index contributed by atoms with van der Waals surface area (Å²) in [6.45, 7) is 1.10. The Kier molecular flexibility index (Phi) is 6.41. The maximum atomic E-state index is 12.6. The zero-order chi connectivity index (χ0) is 19.3. The van der Waals surface area contributed by atoms with E-state index in [0.29, 0.717) is 18.7 Å². The first-order valence-electron chi connectivity index (χ1n) is 8.66. The van der Waals surface area contributed by atoms with Gasteiger partial charge in [0, 0.05) is 23.1 Å². The number of benzene rings is 2. The second-order valence-corrected chi connectivity index (χ2v) is 9.09. The predicted octanol–water partition coefficient (Wildman–Crippen LogP) is 3.39. The Morgan fingerprint density at radius 1 is 1.00 bits per heavy atom. The largest absolute Gasteiger partial charge is 0.271 e. The topological polar surface area (TPSA) is 78.8 Å². The number of hydrazone groups is 1. The van der Waals surface area contributed by atoms with Crippen LogP contribution in [0.15, 0.2) is 63.0 Å². The molecule has 0 spiro atoms. The molecular weight excluding hydrogens is 430 g/mol. The lowest BCUT2D eigenvalue weighted by molar-refractivity contribution is 0.0955. The number of carbonyl (C=O) groups excluding carboxylic acids is 1. The molecule has 1 heterocycles. The van der Waals surface area contributed by atoms with Crippen molar-refractivity contribution < 1.29 is 13.2 Å². The fraction of sp³-hybridized carbons (Fsp3) is 0.263. The Hall–Kier alpha value is -2.03. The molecule has 1 fully saturated rings. The Bertz CT molecular complexity index is 920. The molecule has 0 atom stereocenters. The van der Waals surface area contributed by atoms with Crippen molar-refractivity contribution >= 4 is 38.1 Å². The van der Waals surface area contributed by atoms with Gasteiger partial charge < -0.3 is 0 Å². The first kappa shape index (κ1) is 19.7. The van der Waals surface area contributed by atoms with Gasteiger partial charge in [-0.25, -0.2) is 13.8 Å². The van der Waals surface area contributed by atoms with Gasteiger partial charge >= 0.3 is 0 Å². The van der Waals surface area contributed by atoms with E-state index in [1.807, 2.05) is 24.3 Å². The number of hydrogen-bond acceptors (Lipinski definition) is 4. The van der Waals surface area contributed by atoms with E-state index in [0.717, 1.165) is 29.3 Å². The highest BCUT2D eigenvalue weighted by atomic mass is 79.9. The highest BCUT2D eigenvalue weighted by molar-refractivity contribution is 9.10. The van der Waals surface area contributed by atoms with Gasteiger partial charge in [-0.2, -0.15) is 9.41 Å². The summed E-state index contributed by atoms with van der Waals surface area (Å²) in [6, 6.07) is 13.4. The van der Waals surface area contributed by atoms with Gasteiger partial charge in [0.25, 0.3) is 5.91 Å². The molecule has 8 heteroatoms. The van der Waals surface area contributed by atoms with Crippen LogP contribution in [0.1, 0.15) is 35.2 Å². The molecule has 0 radical (unpaired) electrons. The van der Waals surface area contributed by atoms with Crippen LogP contribution in [0.3, 0.4) is 0 Å². The zero-order valence-electron chi connectivity index (χ0n) is 14.6. The van der Waals surface area contributed by atoms with Crippen LogP contribution in [0.2, 0.25) is 0 Å². The van der Waals surface area contributed by atoms with Gasteiger partial charge in [0.15, 0.2) is 0 Å². The second kappa shape index (κ2) is 8.77. The van der Waals surface area contributed by atoms with Gasteiger partial charge in [-0.05, 0) is 54.8 Å². The van der Waals surface area contributed by atoms with Crippen molar-refractivity contribution in [2.24, 2.45) is 5.10 Å². The smallest absolute Gasteiger partial charge is 0.267 e. The number of piperidine rings is 1. The van der Waals surface area contributed by atoms with E-state index in [2.05, 4.69) is 26.5 Å². The third-order valence-corrected chi connectivity index (χ3v) is 6.76. The summed E-state index contributed by atoms with van der Waals surface area (Å²) >= 11 is 3.35. The van der Waals surface area contributed by atoms with Crippen LogP contribution in [-0.2, 0) is 10.0 Å². The van der Waals surface area contributed by atoms with Gasteiger partial charge in [0.05, 0.1) is 11.1 Å². The number of sulfonamides is 1. The normalized spacial score (nSPS) is 15.7. The monoisotopic (exact) mass is 449 g/mol. The van der Waals surface area contributed by atoms with E-state index in [-0.39, 0.29) is 4.90 Å². The fourth-order valence-electron chi connectivity index (χ4n) is 2.81. The minimum absolute atomic E-state index is 0.208. The molecule has 1 saturated heterocycles. The van der Waals surface area contributed by atoms with Crippen molar-refractivity contribution in [2.45, 2.75) is 24.2 Å². The molecule has 2 aromatic rings. The molecule has 0 bridgehead atoms. The SMILES string of the molecule is O=C(NN=Cc1ccc(Br)cc1)c1ccc(S(=O)(=O)N2CCCCC2)cc1. The molecule has 3 rings (SSSR count). The van der Waals surface area contributed by atoms with Gasteiger partial charge in [-0.3, -0.25) is 4.79 Å². The van der Waals surface area contributed by atoms with Crippen molar-refractivity contribution in [3.63, 3.8) is 0 Å². The molecule has 27 heavy (non-hydrogen) atoms. The summed E-state index contributed by atoms with van der Waals surface area (Å²) in [7, 11) is -3.49. The van der Waals surface area contributed by atoms with Crippen molar-refractivity contribution in [2.75, 3.05) is 13.1 Å². The predicted molar refractivity (Wildman–Crippen MR) is 108 cm³/mol. The number of nitrogens with zero attached hydrogens (tertiary/aromatic N) is 2. The Balaban J connectivity index is 1.64. The van der Waals surface area contributed by atoms with Crippen molar-refractivity contribution in [1.29, 1.82) is 0 Å². The second-order valence-electron chi connectivity index (χ2n) is 6.24. The number of amides is 1. The zero-order valence-corrected chi connectivity index (χ0v) is 17.0. The molecule has 1 N–H and O–H groups in total. The quantitative estimate of drug-likeness (QED) is 0.561. The number of carbonyl (C=O) groups is 1. The van der Waals surface area contributed by atoms with E-state index < -0.39 is 15.9 Å². The number of nitrogens with one attached hydrogen (secondary N) is 1. The third-order valence-electron chi connectivity index (χ3n) is 4.32. The molecular formula is C19H20BrN3O3S. The summed E-state index contributed by atoms with van der Waals surface area (Å²) in [4.78, 5) is 12.4. The molecule has 2 aromatic carbocycles. The van der Waals surface area contributed by atoms with Crippen LogP contribution >= 0.6 is 15.9 Å². The van der Waals surface area contributed by atoms with E-state index in [1.165, 1.54) is 28.6 Å². The Morgan fingerprint density at radius 2 is 1.63 bits per heavy atom. The number of hydrogen-bond donors (Lipinski definition) is 1.